The molecule has 0 aromatic heterocycles. The van der Waals surface area contributed by atoms with Crippen molar-refractivity contribution < 1.29 is 18.0 Å². The van der Waals surface area contributed by atoms with E-state index in [4.69, 9.17) is 0 Å². The van der Waals surface area contributed by atoms with E-state index >= 15 is 0 Å². The summed E-state index contributed by atoms with van der Waals surface area (Å²) in [6.07, 6.45) is 0.0726. The topological polar surface area (TPSA) is 60.0 Å². The second-order valence-corrected chi connectivity index (χ2v) is 8.20. The molecule has 0 unspecified atom stereocenters. The largest absolute Gasteiger partial charge is 0.416 e. The Balaban J connectivity index is 1.36. The molecule has 1 aliphatic heterocycles. The van der Waals surface area contributed by atoms with Gasteiger partial charge < -0.3 is 15.5 Å². The molecular weight excluding hydrogens is 407 g/mol. The number of benzene rings is 1. The molecule has 2 fully saturated rings. The molecule has 172 valence electrons. The van der Waals surface area contributed by atoms with Crippen molar-refractivity contribution in [2.45, 2.75) is 38.4 Å². The van der Waals surface area contributed by atoms with Gasteiger partial charge in [0, 0.05) is 58.8 Å². The number of carbonyl (C=O) groups is 1. The van der Waals surface area contributed by atoms with Crippen molar-refractivity contribution in [3.8, 4) is 0 Å². The van der Waals surface area contributed by atoms with Gasteiger partial charge in [-0.1, -0.05) is 25.0 Å². The number of alkyl halides is 3. The Morgan fingerprint density at radius 1 is 1.13 bits per heavy atom. The third kappa shape index (κ3) is 6.85. The van der Waals surface area contributed by atoms with Crippen LogP contribution in [-0.4, -0.2) is 68.0 Å². The smallest absolute Gasteiger partial charge is 0.355 e. The molecule has 31 heavy (non-hydrogen) atoms. The van der Waals surface area contributed by atoms with Crippen LogP contribution in [0.15, 0.2) is 29.3 Å². The summed E-state index contributed by atoms with van der Waals surface area (Å²) >= 11 is 0. The maximum atomic E-state index is 12.8. The van der Waals surface area contributed by atoms with Crippen molar-refractivity contribution in [2.24, 2.45) is 10.9 Å². The minimum absolute atomic E-state index is 0.236. The molecule has 2 aliphatic rings. The Labute approximate surface area is 181 Å². The van der Waals surface area contributed by atoms with Gasteiger partial charge in [-0.25, -0.2) is 0 Å². The van der Waals surface area contributed by atoms with E-state index in [1.54, 1.807) is 13.1 Å². The first kappa shape index (κ1) is 23.4. The summed E-state index contributed by atoms with van der Waals surface area (Å²) in [5.74, 6) is 1.11. The lowest BCUT2D eigenvalue weighted by molar-refractivity contribution is -0.138. The number of hydrogen-bond acceptors (Lipinski definition) is 3. The lowest BCUT2D eigenvalue weighted by Crippen LogP contribution is -2.51. The van der Waals surface area contributed by atoms with Crippen molar-refractivity contribution in [2.75, 3.05) is 46.3 Å². The molecule has 1 aliphatic carbocycles. The van der Waals surface area contributed by atoms with Crippen LogP contribution in [0.25, 0.3) is 0 Å². The second-order valence-electron chi connectivity index (χ2n) is 8.20. The number of hydrogen-bond donors (Lipinski definition) is 2. The highest BCUT2D eigenvalue weighted by Crippen LogP contribution is 2.29. The van der Waals surface area contributed by atoms with Gasteiger partial charge in [0.05, 0.1) is 5.56 Å². The summed E-state index contributed by atoms with van der Waals surface area (Å²) in [5, 5.41) is 6.26. The number of aliphatic imine (C=N–C) groups is 1. The molecule has 0 atom stereocenters. The molecule has 1 saturated carbocycles. The Kier molecular flexibility index (Phi) is 8.17. The predicted molar refractivity (Wildman–Crippen MR) is 115 cm³/mol. The van der Waals surface area contributed by atoms with E-state index < -0.39 is 11.7 Å². The fourth-order valence-corrected chi connectivity index (χ4v) is 4.22. The number of piperazine rings is 1. The number of rotatable bonds is 6. The van der Waals surface area contributed by atoms with E-state index in [1.165, 1.54) is 18.9 Å². The van der Waals surface area contributed by atoms with Crippen LogP contribution in [0.5, 0.6) is 0 Å². The van der Waals surface area contributed by atoms with E-state index in [-0.39, 0.29) is 12.5 Å². The lowest BCUT2D eigenvalue weighted by atomic mass is 10.1. The summed E-state index contributed by atoms with van der Waals surface area (Å²) in [5.41, 5.74) is -0.110. The van der Waals surface area contributed by atoms with E-state index in [0.29, 0.717) is 24.0 Å². The maximum absolute atomic E-state index is 12.8. The molecule has 0 bridgehead atoms. The van der Waals surface area contributed by atoms with Crippen LogP contribution >= 0.6 is 0 Å². The van der Waals surface area contributed by atoms with Crippen LogP contribution in [0.2, 0.25) is 0 Å². The number of nitrogens with one attached hydrogen (secondary N) is 2. The molecule has 2 N–H and O–H groups in total. The summed E-state index contributed by atoms with van der Waals surface area (Å²) in [6.45, 7) is 5.00. The van der Waals surface area contributed by atoms with E-state index in [2.05, 4.69) is 20.5 Å². The Morgan fingerprint density at radius 2 is 1.84 bits per heavy atom. The van der Waals surface area contributed by atoms with E-state index in [9.17, 15) is 18.0 Å². The van der Waals surface area contributed by atoms with Gasteiger partial charge in [-0.05, 0) is 30.5 Å². The summed E-state index contributed by atoms with van der Waals surface area (Å²) in [6, 6.07) is 5.28. The molecule has 1 saturated heterocycles. The molecule has 0 spiro atoms. The highest BCUT2D eigenvalue weighted by atomic mass is 19.4. The molecule has 1 amide bonds. The van der Waals surface area contributed by atoms with Crippen LogP contribution < -0.4 is 10.6 Å². The minimum atomic E-state index is -4.35. The molecule has 3 rings (SSSR count). The second kappa shape index (κ2) is 10.8. The Hall–Kier alpha value is -2.29. The number of halogens is 3. The number of amides is 1. The number of nitrogens with zero attached hydrogens (tertiary/aromatic N) is 3. The molecule has 1 aromatic rings. The third-order valence-electron chi connectivity index (χ3n) is 6.05. The van der Waals surface area contributed by atoms with Gasteiger partial charge in [0.25, 0.3) is 0 Å². The van der Waals surface area contributed by atoms with Crippen molar-refractivity contribution >= 4 is 11.9 Å². The highest BCUT2D eigenvalue weighted by molar-refractivity contribution is 5.80. The molecule has 1 aromatic carbocycles. The van der Waals surface area contributed by atoms with Crippen molar-refractivity contribution in [3.63, 3.8) is 0 Å². The van der Waals surface area contributed by atoms with Gasteiger partial charge in [0.15, 0.2) is 5.96 Å². The van der Waals surface area contributed by atoms with Gasteiger partial charge >= 0.3 is 6.18 Å². The van der Waals surface area contributed by atoms with Crippen LogP contribution in [0.3, 0.4) is 0 Å². The Morgan fingerprint density at radius 3 is 2.48 bits per heavy atom. The number of carbonyl (C=O) groups excluding carboxylic acids is 1. The fourth-order valence-electron chi connectivity index (χ4n) is 4.22. The zero-order chi connectivity index (χ0) is 22.3. The minimum Gasteiger partial charge on any atom is -0.355 e. The fraction of sp³-hybridized carbons (Fsp3) is 0.636. The van der Waals surface area contributed by atoms with Crippen molar-refractivity contribution in [1.29, 1.82) is 0 Å². The van der Waals surface area contributed by atoms with Gasteiger partial charge in [0.2, 0.25) is 5.91 Å². The zero-order valence-electron chi connectivity index (χ0n) is 18.0. The van der Waals surface area contributed by atoms with Crippen LogP contribution in [0.1, 0.15) is 36.8 Å². The Bertz CT molecular complexity index is 754. The molecule has 0 radical (unpaired) electrons. The first-order valence-electron chi connectivity index (χ1n) is 11.0. The molecular formula is C22H32F3N5O. The first-order valence-corrected chi connectivity index (χ1v) is 11.0. The van der Waals surface area contributed by atoms with Crippen LogP contribution in [-0.2, 0) is 17.5 Å². The maximum Gasteiger partial charge on any atom is 0.416 e. The first-order chi connectivity index (χ1) is 14.9. The highest BCUT2D eigenvalue weighted by Gasteiger charge is 2.30. The molecule has 9 heteroatoms. The van der Waals surface area contributed by atoms with Crippen molar-refractivity contribution in [1.82, 2.24) is 20.4 Å². The monoisotopic (exact) mass is 439 g/mol. The number of guanidine groups is 1. The molecule has 6 nitrogen and oxygen atoms in total. The zero-order valence-corrected chi connectivity index (χ0v) is 18.0. The van der Waals surface area contributed by atoms with Gasteiger partial charge in [-0.3, -0.25) is 14.7 Å². The van der Waals surface area contributed by atoms with Gasteiger partial charge in [0.1, 0.15) is 0 Å². The normalized spacial score (nSPS) is 19.0. The quantitative estimate of drug-likeness (QED) is 0.529. The lowest BCUT2D eigenvalue weighted by Gasteiger charge is -2.36. The van der Waals surface area contributed by atoms with Gasteiger partial charge in [-0.2, -0.15) is 13.2 Å². The van der Waals surface area contributed by atoms with E-state index in [0.717, 1.165) is 57.7 Å². The summed E-state index contributed by atoms with van der Waals surface area (Å²) in [4.78, 5) is 21.0. The summed E-state index contributed by atoms with van der Waals surface area (Å²) in [7, 11) is 1.63. The average molecular weight is 440 g/mol. The summed E-state index contributed by atoms with van der Waals surface area (Å²) < 4.78 is 38.5. The SMILES string of the molecule is CN=C(NCCN1CCN(C(=O)C2CCCC2)CC1)NCc1cccc(C(F)(F)F)c1. The standard InChI is InChI=1S/C22H32F3N5O/c1-26-21(28-16-17-5-4-8-19(15-17)22(23,24)25)27-9-10-29-11-13-30(14-12-29)20(31)18-6-2-3-7-18/h4-5,8,15,18H,2-3,6-7,9-14,16H2,1H3,(H2,26,27,28). The predicted octanol–water partition coefficient (Wildman–Crippen LogP) is 2.70. The average Bonchev–Trinajstić information content (AvgIpc) is 3.30. The van der Waals surface area contributed by atoms with Gasteiger partial charge in [-0.15, -0.1) is 0 Å². The van der Waals surface area contributed by atoms with E-state index in [1.807, 2.05) is 4.90 Å². The molecule has 1 heterocycles. The van der Waals surface area contributed by atoms with Crippen LogP contribution in [0, 0.1) is 5.92 Å². The van der Waals surface area contributed by atoms with Crippen molar-refractivity contribution in [3.05, 3.63) is 35.4 Å². The third-order valence-corrected chi connectivity index (χ3v) is 6.05. The van der Waals surface area contributed by atoms with Crippen LogP contribution in [0.4, 0.5) is 13.2 Å².